The number of rotatable bonds is 1. The van der Waals surface area contributed by atoms with Gasteiger partial charge in [0.25, 0.3) is 0 Å². The van der Waals surface area contributed by atoms with Gasteiger partial charge in [-0.1, -0.05) is 23.7 Å². The number of halogens is 1. The van der Waals surface area contributed by atoms with Crippen molar-refractivity contribution in [3.05, 3.63) is 35.0 Å². The lowest BCUT2D eigenvalue weighted by Crippen LogP contribution is -2.40. The zero-order chi connectivity index (χ0) is 12.8. The number of para-hydroxylation sites is 1. The Morgan fingerprint density at radius 3 is 2.72 bits per heavy atom. The Kier molecular flexibility index (Phi) is 2.85. The van der Waals surface area contributed by atoms with E-state index in [0.29, 0.717) is 29.2 Å². The molecule has 1 aliphatic rings. The quantitative estimate of drug-likeness (QED) is 0.861. The summed E-state index contributed by atoms with van der Waals surface area (Å²) >= 11 is 6.09. The van der Waals surface area contributed by atoms with Gasteiger partial charge in [0.15, 0.2) is 5.58 Å². The number of hydrogen-bond donors (Lipinski definition) is 1. The summed E-state index contributed by atoms with van der Waals surface area (Å²) in [7, 11) is 2.06. The second-order valence-electron chi connectivity index (χ2n) is 5.10. The van der Waals surface area contributed by atoms with Gasteiger partial charge in [0.1, 0.15) is 11.4 Å². The molecule has 0 saturated carbocycles. The van der Waals surface area contributed by atoms with E-state index in [9.17, 15) is 5.11 Å². The highest BCUT2D eigenvalue weighted by molar-refractivity contribution is 6.34. The minimum atomic E-state index is -0.852. The van der Waals surface area contributed by atoms with E-state index in [-0.39, 0.29) is 0 Å². The van der Waals surface area contributed by atoms with Gasteiger partial charge in [0.2, 0.25) is 0 Å². The highest BCUT2D eigenvalue weighted by Crippen LogP contribution is 2.37. The number of nitrogens with zero attached hydrogens (tertiary/aromatic N) is 1. The molecular weight excluding hydrogens is 250 g/mol. The third-order valence-corrected chi connectivity index (χ3v) is 4.07. The molecule has 0 atom stereocenters. The Hall–Kier alpha value is -1.03. The molecule has 0 aliphatic carbocycles. The Morgan fingerprint density at radius 2 is 2.06 bits per heavy atom. The number of aliphatic hydroxyl groups is 1. The number of furan rings is 1. The SMILES string of the molecule is CN1CCC(O)(c2cc3cccc(Cl)c3o2)CC1. The lowest BCUT2D eigenvalue weighted by atomic mass is 9.89. The number of hydrogen-bond acceptors (Lipinski definition) is 3. The van der Waals surface area contributed by atoms with Crippen molar-refractivity contribution in [1.29, 1.82) is 0 Å². The van der Waals surface area contributed by atoms with Crippen LogP contribution >= 0.6 is 11.6 Å². The Labute approximate surface area is 111 Å². The van der Waals surface area contributed by atoms with Crippen molar-refractivity contribution in [3.63, 3.8) is 0 Å². The molecule has 3 nitrogen and oxygen atoms in total. The molecule has 0 bridgehead atoms. The van der Waals surface area contributed by atoms with Crippen molar-refractivity contribution in [2.24, 2.45) is 0 Å². The Balaban J connectivity index is 2.01. The molecule has 2 heterocycles. The van der Waals surface area contributed by atoms with Crippen molar-refractivity contribution in [2.75, 3.05) is 20.1 Å². The molecule has 1 saturated heterocycles. The predicted octanol–water partition coefficient (Wildman–Crippen LogP) is 3.00. The second-order valence-corrected chi connectivity index (χ2v) is 5.51. The first-order chi connectivity index (χ1) is 8.58. The standard InChI is InChI=1S/C14H16ClNO2/c1-16-7-5-14(17,6-8-16)12-9-10-3-2-4-11(15)13(10)18-12/h2-4,9,17H,5-8H2,1H3. The molecule has 1 aromatic heterocycles. The van der Waals surface area contributed by atoms with Crippen LogP contribution in [0, 0.1) is 0 Å². The minimum Gasteiger partial charge on any atom is -0.456 e. The lowest BCUT2D eigenvalue weighted by Gasteiger charge is -2.34. The van der Waals surface area contributed by atoms with Gasteiger partial charge < -0.3 is 14.4 Å². The molecule has 1 aliphatic heterocycles. The number of piperidine rings is 1. The third kappa shape index (κ3) is 1.92. The smallest absolute Gasteiger partial charge is 0.153 e. The van der Waals surface area contributed by atoms with E-state index in [1.807, 2.05) is 18.2 Å². The van der Waals surface area contributed by atoms with Crippen LogP contribution < -0.4 is 0 Å². The highest BCUT2D eigenvalue weighted by Gasteiger charge is 2.36. The number of likely N-dealkylation sites (tertiary alicyclic amines) is 1. The lowest BCUT2D eigenvalue weighted by molar-refractivity contribution is -0.0360. The van der Waals surface area contributed by atoms with Crippen LogP contribution in [0.5, 0.6) is 0 Å². The summed E-state index contributed by atoms with van der Waals surface area (Å²) < 4.78 is 5.78. The zero-order valence-corrected chi connectivity index (χ0v) is 11.1. The van der Waals surface area contributed by atoms with Crippen molar-refractivity contribution < 1.29 is 9.52 Å². The van der Waals surface area contributed by atoms with Crippen LogP contribution in [0.15, 0.2) is 28.7 Å². The van der Waals surface area contributed by atoms with Gasteiger partial charge in [-0.3, -0.25) is 0 Å². The van der Waals surface area contributed by atoms with Gasteiger partial charge in [-0.15, -0.1) is 0 Å². The van der Waals surface area contributed by atoms with Crippen LogP contribution in [0.25, 0.3) is 11.0 Å². The van der Waals surface area contributed by atoms with Crippen molar-refractivity contribution in [1.82, 2.24) is 4.90 Å². The molecule has 4 heteroatoms. The van der Waals surface area contributed by atoms with Crippen molar-refractivity contribution >= 4 is 22.6 Å². The summed E-state index contributed by atoms with van der Waals surface area (Å²) in [6.45, 7) is 1.75. The highest BCUT2D eigenvalue weighted by atomic mass is 35.5. The summed E-state index contributed by atoms with van der Waals surface area (Å²) in [5.41, 5.74) is -0.184. The third-order valence-electron chi connectivity index (χ3n) is 3.77. The van der Waals surface area contributed by atoms with Gasteiger partial charge in [-0.05, 0) is 32.0 Å². The van der Waals surface area contributed by atoms with E-state index < -0.39 is 5.60 Å². The van der Waals surface area contributed by atoms with Crippen LogP contribution in [0.4, 0.5) is 0 Å². The maximum Gasteiger partial charge on any atom is 0.153 e. The molecular formula is C14H16ClNO2. The molecule has 96 valence electrons. The van der Waals surface area contributed by atoms with Crippen LogP contribution in [0.2, 0.25) is 5.02 Å². The second kappa shape index (κ2) is 4.26. The van der Waals surface area contributed by atoms with E-state index in [0.717, 1.165) is 18.5 Å². The Bertz CT molecular complexity index is 570. The fourth-order valence-electron chi connectivity index (χ4n) is 2.49. The molecule has 1 aromatic carbocycles. The molecule has 18 heavy (non-hydrogen) atoms. The van der Waals surface area contributed by atoms with Gasteiger partial charge >= 0.3 is 0 Å². The molecule has 0 spiro atoms. The van der Waals surface area contributed by atoms with E-state index in [1.165, 1.54) is 0 Å². The molecule has 2 aromatic rings. The molecule has 0 radical (unpaired) electrons. The summed E-state index contributed by atoms with van der Waals surface area (Å²) in [5, 5.41) is 12.2. The van der Waals surface area contributed by atoms with Crippen LogP contribution in [-0.2, 0) is 5.60 Å². The van der Waals surface area contributed by atoms with E-state index in [1.54, 1.807) is 6.07 Å². The van der Waals surface area contributed by atoms with Crippen molar-refractivity contribution in [3.8, 4) is 0 Å². The Morgan fingerprint density at radius 1 is 1.33 bits per heavy atom. The van der Waals surface area contributed by atoms with Crippen LogP contribution in [0.3, 0.4) is 0 Å². The molecule has 1 fully saturated rings. The molecule has 0 unspecified atom stereocenters. The van der Waals surface area contributed by atoms with Gasteiger partial charge in [-0.2, -0.15) is 0 Å². The van der Waals surface area contributed by atoms with Crippen molar-refractivity contribution in [2.45, 2.75) is 18.4 Å². The molecule has 1 N–H and O–H groups in total. The molecule has 3 rings (SSSR count). The molecule has 0 amide bonds. The monoisotopic (exact) mass is 265 g/mol. The predicted molar refractivity (Wildman–Crippen MR) is 71.9 cm³/mol. The van der Waals surface area contributed by atoms with E-state index >= 15 is 0 Å². The fraction of sp³-hybridized carbons (Fsp3) is 0.429. The minimum absolute atomic E-state index is 0.593. The van der Waals surface area contributed by atoms with E-state index in [2.05, 4.69) is 11.9 Å². The van der Waals surface area contributed by atoms with Gasteiger partial charge in [-0.25, -0.2) is 0 Å². The number of benzene rings is 1. The summed E-state index contributed by atoms with van der Waals surface area (Å²) in [5.74, 6) is 0.638. The largest absolute Gasteiger partial charge is 0.456 e. The zero-order valence-electron chi connectivity index (χ0n) is 10.3. The first-order valence-corrected chi connectivity index (χ1v) is 6.56. The average molecular weight is 266 g/mol. The summed E-state index contributed by atoms with van der Waals surface area (Å²) in [6.07, 6.45) is 1.39. The van der Waals surface area contributed by atoms with Gasteiger partial charge in [0.05, 0.1) is 5.02 Å². The average Bonchev–Trinajstić information content (AvgIpc) is 2.79. The fourth-order valence-corrected chi connectivity index (χ4v) is 2.71. The topological polar surface area (TPSA) is 36.6 Å². The first-order valence-electron chi connectivity index (χ1n) is 6.18. The maximum absolute atomic E-state index is 10.7. The van der Waals surface area contributed by atoms with Gasteiger partial charge in [0, 0.05) is 18.5 Å². The van der Waals surface area contributed by atoms with Crippen LogP contribution in [-0.4, -0.2) is 30.1 Å². The summed E-state index contributed by atoms with van der Waals surface area (Å²) in [4.78, 5) is 2.21. The maximum atomic E-state index is 10.7. The summed E-state index contributed by atoms with van der Waals surface area (Å²) in [6, 6.07) is 7.55. The number of fused-ring (bicyclic) bond motifs is 1. The van der Waals surface area contributed by atoms with Crippen LogP contribution in [0.1, 0.15) is 18.6 Å². The first kappa shape index (κ1) is 12.0. The normalized spacial score (nSPS) is 20.4. The van der Waals surface area contributed by atoms with E-state index in [4.69, 9.17) is 16.0 Å².